The van der Waals surface area contributed by atoms with Crippen molar-refractivity contribution >= 4 is 23.2 Å². The Morgan fingerprint density at radius 1 is 1.31 bits per heavy atom. The minimum Gasteiger partial charge on any atom is -0.313 e. The van der Waals surface area contributed by atoms with Crippen LogP contribution in [0.2, 0.25) is 10.0 Å². The predicted octanol–water partition coefficient (Wildman–Crippen LogP) is 4.69. The molecule has 3 heteroatoms. The molecule has 1 aromatic rings. The summed E-state index contributed by atoms with van der Waals surface area (Å²) in [7, 11) is 1.96. The van der Waals surface area contributed by atoms with Gasteiger partial charge in [0.05, 0.1) is 10.0 Å². The zero-order chi connectivity index (χ0) is 12.1. The molecule has 2 atom stereocenters. The Kier molecular flexibility index (Phi) is 5.60. The Hall–Kier alpha value is -0.240. The molecule has 0 radical (unpaired) electrons. The van der Waals surface area contributed by atoms with Crippen molar-refractivity contribution in [1.29, 1.82) is 0 Å². The van der Waals surface area contributed by atoms with Crippen LogP contribution in [0.1, 0.15) is 38.3 Å². The van der Waals surface area contributed by atoms with E-state index in [1.807, 2.05) is 25.2 Å². The van der Waals surface area contributed by atoms with Gasteiger partial charge in [-0.1, -0.05) is 55.6 Å². The normalized spacial score (nSPS) is 14.8. The Balaban J connectivity index is 2.90. The van der Waals surface area contributed by atoms with E-state index >= 15 is 0 Å². The average molecular weight is 260 g/mol. The Labute approximate surface area is 108 Å². The lowest BCUT2D eigenvalue weighted by Gasteiger charge is -2.21. The average Bonchev–Trinajstić information content (AvgIpc) is 2.29. The third kappa shape index (κ3) is 3.38. The number of halogens is 2. The van der Waals surface area contributed by atoms with Crippen LogP contribution in [0.3, 0.4) is 0 Å². The van der Waals surface area contributed by atoms with Gasteiger partial charge in [0.1, 0.15) is 0 Å². The molecule has 2 unspecified atom stereocenters. The first kappa shape index (κ1) is 13.8. The lowest BCUT2D eigenvalue weighted by atomic mass is 9.94. The van der Waals surface area contributed by atoms with Crippen molar-refractivity contribution in [2.24, 2.45) is 5.92 Å². The van der Waals surface area contributed by atoms with Gasteiger partial charge in [-0.15, -0.1) is 0 Å². The molecule has 1 N–H and O–H groups in total. The lowest BCUT2D eigenvalue weighted by Crippen LogP contribution is -2.19. The third-order valence-corrected chi connectivity index (χ3v) is 3.87. The molecule has 0 aliphatic carbocycles. The van der Waals surface area contributed by atoms with Crippen LogP contribution < -0.4 is 5.32 Å². The summed E-state index contributed by atoms with van der Waals surface area (Å²) in [4.78, 5) is 0. The molecule has 0 saturated heterocycles. The number of benzene rings is 1. The summed E-state index contributed by atoms with van der Waals surface area (Å²) in [6, 6.07) is 6.09. The molecule has 1 nitrogen and oxygen atoms in total. The molecular formula is C13H19Cl2N. The second-order valence-electron chi connectivity index (χ2n) is 4.23. The molecule has 0 bridgehead atoms. The van der Waals surface area contributed by atoms with Crippen molar-refractivity contribution in [3.05, 3.63) is 33.8 Å². The highest BCUT2D eigenvalue weighted by atomic mass is 35.5. The quantitative estimate of drug-likeness (QED) is 0.809. The van der Waals surface area contributed by atoms with Crippen LogP contribution in [0, 0.1) is 5.92 Å². The van der Waals surface area contributed by atoms with E-state index in [9.17, 15) is 0 Å². The summed E-state index contributed by atoms with van der Waals surface area (Å²) in [6.07, 6.45) is 2.25. The minimum absolute atomic E-state index is 0.279. The summed E-state index contributed by atoms with van der Waals surface area (Å²) >= 11 is 12.2. The Morgan fingerprint density at radius 3 is 2.56 bits per heavy atom. The molecule has 0 heterocycles. The van der Waals surface area contributed by atoms with Gasteiger partial charge >= 0.3 is 0 Å². The fraction of sp³-hybridized carbons (Fsp3) is 0.538. The summed E-state index contributed by atoms with van der Waals surface area (Å²) in [5.74, 6) is 0.674. The van der Waals surface area contributed by atoms with E-state index < -0.39 is 0 Å². The van der Waals surface area contributed by atoms with Gasteiger partial charge in [0.25, 0.3) is 0 Å². The van der Waals surface area contributed by atoms with Gasteiger partial charge in [-0.3, -0.25) is 0 Å². The predicted molar refractivity (Wildman–Crippen MR) is 72.3 cm³/mol. The van der Waals surface area contributed by atoms with E-state index in [-0.39, 0.29) is 6.04 Å². The van der Waals surface area contributed by atoms with Crippen LogP contribution in [0.15, 0.2) is 18.2 Å². The van der Waals surface area contributed by atoms with Crippen LogP contribution in [0.25, 0.3) is 0 Å². The summed E-state index contributed by atoms with van der Waals surface area (Å²) < 4.78 is 0. The number of rotatable bonds is 5. The topological polar surface area (TPSA) is 12.0 Å². The first-order valence-electron chi connectivity index (χ1n) is 5.71. The minimum atomic E-state index is 0.279. The van der Waals surface area contributed by atoms with Gasteiger partial charge in [-0.2, -0.15) is 0 Å². The molecule has 0 aliphatic heterocycles. The van der Waals surface area contributed by atoms with Crippen molar-refractivity contribution in [3.8, 4) is 0 Å². The lowest BCUT2D eigenvalue weighted by molar-refractivity contribution is 0.422. The molecule has 0 amide bonds. The highest BCUT2D eigenvalue weighted by molar-refractivity contribution is 6.42. The standard InChI is InChI=1S/C13H19Cl2N/c1-4-9(2)8-12(16-3)10-6-5-7-11(14)13(10)15/h5-7,9,12,16H,4,8H2,1-3H3. The van der Waals surface area contributed by atoms with Crippen molar-refractivity contribution in [3.63, 3.8) is 0 Å². The third-order valence-electron chi connectivity index (χ3n) is 3.04. The maximum Gasteiger partial charge on any atom is 0.0640 e. The molecule has 1 rings (SSSR count). The van der Waals surface area contributed by atoms with E-state index in [0.717, 1.165) is 12.0 Å². The highest BCUT2D eigenvalue weighted by Crippen LogP contribution is 2.32. The molecule has 90 valence electrons. The Morgan fingerprint density at radius 2 is 2.00 bits per heavy atom. The van der Waals surface area contributed by atoms with Crippen LogP contribution >= 0.6 is 23.2 Å². The van der Waals surface area contributed by atoms with E-state index in [0.29, 0.717) is 16.0 Å². The first-order chi connectivity index (χ1) is 7.60. The summed E-state index contributed by atoms with van der Waals surface area (Å²) in [5, 5.41) is 4.61. The maximum atomic E-state index is 6.22. The number of hydrogen-bond acceptors (Lipinski definition) is 1. The first-order valence-corrected chi connectivity index (χ1v) is 6.46. The summed E-state index contributed by atoms with van der Waals surface area (Å²) in [6.45, 7) is 4.46. The maximum absolute atomic E-state index is 6.22. The molecule has 0 fully saturated rings. The van der Waals surface area contributed by atoms with Crippen LogP contribution in [-0.4, -0.2) is 7.05 Å². The second-order valence-corrected chi connectivity index (χ2v) is 5.02. The van der Waals surface area contributed by atoms with Gasteiger partial charge in [0.2, 0.25) is 0 Å². The fourth-order valence-corrected chi connectivity index (χ4v) is 2.20. The van der Waals surface area contributed by atoms with Gasteiger partial charge < -0.3 is 5.32 Å². The molecule has 0 aliphatic rings. The molecule has 0 aromatic heterocycles. The van der Waals surface area contributed by atoms with E-state index in [1.54, 1.807) is 0 Å². The van der Waals surface area contributed by atoms with Gasteiger partial charge in [0, 0.05) is 6.04 Å². The van der Waals surface area contributed by atoms with E-state index in [4.69, 9.17) is 23.2 Å². The molecule has 0 saturated carbocycles. The van der Waals surface area contributed by atoms with E-state index in [2.05, 4.69) is 19.2 Å². The smallest absolute Gasteiger partial charge is 0.0640 e. The van der Waals surface area contributed by atoms with E-state index in [1.165, 1.54) is 6.42 Å². The Bertz CT molecular complexity index is 339. The van der Waals surface area contributed by atoms with Gasteiger partial charge in [-0.05, 0) is 31.0 Å². The molecule has 0 spiro atoms. The van der Waals surface area contributed by atoms with Crippen molar-refractivity contribution in [2.75, 3.05) is 7.05 Å². The van der Waals surface area contributed by atoms with Crippen LogP contribution in [-0.2, 0) is 0 Å². The van der Waals surface area contributed by atoms with Crippen LogP contribution in [0.4, 0.5) is 0 Å². The fourth-order valence-electron chi connectivity index (χ4n) is 1.76. The molecular weight excluding hydrogens is 241 g/mol. The van der Waals surface area contributed by atoms with Gasteiger partial charge in [0.15, 0.2) is 0 Å². The zero-order valence-corrected chi connectivity index (χ0v) is 11.6. The summed E-state index contributed by atoms with van der Waals surface area (Å²) in [5.41, 5.74) is 1.09. The SMILES string of the molecule is CCC(C)CC(NC)c1cccc(Cl)c1Cl. The van der Waals surface area contributed by atoms with Crippen LogP contribution in [0.5, 0.6) is 0 Å². The molecule has 16 heavy (non-hydrogen) atoms. The number of hydrogen-bond donors (Lipinski definition) is 1. The van der Waals surface area contributed by atoms with Crippen molar-refractivity contribution < 1.29 is 0 Å². The van der Waals surface area contributed by atoms with Crippen molar-refractivity contribution in [1.82, 2.24) is 5.32 Å². The highest BCUT2D eigenvalue weighted by Gasteiger charge is 2.16. The molecule has 1 aromatic carbocycles. The number of nitrogens with one attached hydrogen (secondary N) is 1. The largest absolute Gasteiger partial charge is 0.313 e. The van der Waals surface area contributed by atoms with Crippen molar-refractivity contribution in [2.45, 2.75) is 32.7 Å². The monoisotopic (exact) mass is 259 g/mol. The zero-order valence-electron chi connectivity index (χ0n) is 10.1. The second kappa shape index (κ2) is 6.48. The van der Waals surface area contributed by atoms with Gasteiger partial charge in [-0.25, -0.2) is 0 Å².